The number of hydrogen-bond acceptors (Lipinski definition) is 9. The molecule has 2 aromatic rings. The summed E-state index contributed by atoms with van der Waals surface area (Å²) in [6.45, 7) is 7.49. The molecule has 0 radical (unpaired) electrons. The van der Waals surface area contributed by atoms with E-state index < -0.39 is 34.4 Å². The highest BCUT2D eigenvalue weighted by Crippen LogP contribution is 2.41. The standard InChI is InChI=1S/C26H35ClF2N6O4/c1-25(2,3)39-24(36)35-12-7-5-6-11-34(35)21-17-19(18(29)20(27)31-22(17)37-4)30-23(32-21)38-15-26-9-8-10-33(26)14-16(28)13-26/h16H,5-15H2,1-4H3/t16-,26+/m1/s1. The van der Waals surface area contributed by atoms with Gasteiger partial charge in [-0.3, -0.25) is 9.91 Å². The first-order valence-electron chi connectivity index (χ1n) is 13.4. The van der Waals surface area contributed by atoms with Crippen molar-refractivity contribution in [3.63, 3.8) is 0 Å². The number of ether oxygens (including phenoxy) is 3. The summed E-state index contributed by atoms with van der Waals surface area (Å²) in [5.74, 6) is -0.647. The Morgan fingerprint density at radius 3 is 2.64 bits per heavy atom. The Kier molecular flexibility index (Phi) is 7.62. The predicted molar refractivity (Wildman–Crippen MR) is 142 cm³/mol. The number of halogens is 3. The van der Waals surface area contributed by atoms with E-state index in [1.54, 1.807) is 25.8 Å². The van der Waals surface area contributed by atoms with Crippen LogP contribution in [0.4, 0.5) is 19.4 Å². The summed E-state index contributed by atoms with van der Waals surface area (Å²) in [6, 6.07) is -0.0994. The van der Waals surface area contributed by atoms with E-state index in [0.29, 0.717) is 26.1 Å². The van der Waals surface area contributed by atoms with Crippen LogP contribution in [0.1, 0.15) is 59.3 Å². The van der Waals surface area contributed by atoms with Crippen LogP contribution in [-0.2, 0) is 4.74 Å². The summed E-state index contributed by atoms with van der Waals surface area (Å²) >= 11 is 6.09. The second-order valence-corrected chi connectivity index (χ2v) is 11.8. The van der Waals surface area contributed by atoms with Crippen LogP contribution in [0.3, 0.4) is 0 Å². The summed E-state index contributed by atoms with van der Waals surface area (Å²) in [6.07, 6.45) is 3.01. The molecule has 39 heavy (non-hydrogen) atoms. The van der Waals surface area contributed by atoms with Gasteiger partial charge in [-0.05, 0) is 59.4 Å². The van der Waals surface area contributed by atoms with Crippen molar-refractivity contribution in [1.82, 2.24) is 24.9 Å². The molecule has 2 atom stereocenters. The number of amides is 1. The Balaban J connectivity index is 1.59. The fourth-order valence-electron chi connectivity index (χ4n) is 5.79. The van der Waals surface area contributed by atoms with Gasteiger partial charge in [-0.1, -0.05) is 11.6 Å². The molecule has 13 heteroatoms. The molecular formula is C26H35ClF2N6O4. The first kappa shape index (κ1) is 27.8. The van der Waals surface area contributed by atoms with Gasteiger partial charge in [-0.15, -0.1) is 0 Å². The van der Waals surface area contributed by atoms with Gasteiger partial charge in [0.1, 0.15) is 29.3 Å². The molecule has 214 valence electrons. The smallest absolute Gasteiger partial charge is 0.429 e. The third kappa shape index (κ3) is 5.50. The van der Waals surface area contributed by atoms with Crippen LogP contribution in [0.2, 0.25) is 5.15 Å². The van der Waals surface area contributed by atoms with Crippen molar-refractivity contribution in [3.05, 3.63) is 11.0 Å². The van der Waals surface area contributed by atoms with Crippen LogP contribution in [0, 0.1) is 5.82 Å². The van der Waals surface area contributed by atoms with E-state index >= 15 is 4.39 Å². The number of carbonyl (C=O) groups excluding carboxylic acids is 1. The summed E-state index contributed by atoms with van der Waals surface area (Å²) in [7, 11) is 1.39. The van der Waals surface area contributed by atoms with Gasteiger partial charge in [0.2, 0.25) is 5.88 Å². The van der Waals surface area contributed by atoms with E-state index in [0.717, 1.165) is 38.6 Å². The van der Waals surface area contributed by atoms with Crippen molar-refractivity contribution < 1.29 is 27.8 Å². The largest absolute Gasteiger partial charge is 0.480 e. The average Bonchev–Trinajstić information content (AvgIpc) is 3.27. The number of nitrogens with zero attached hydrogens (tertiary/aromatic N) is 6. The molecule has 1 amide bonds. The zero-order chi connectivity index (χ0) is 27.9. The van der Waals surface area contributed by atoms with Gasteiger partial charge in [-0.2, -0.15) is 15.0 Å². The number of anilines is 1. The van der Waals surface area contributed by atoms with Crippen molar-refractivity contribution in [3.8, 4) is 11.9 Å². The lowest BCUT2D eigenvalue weighted by Crippen LogP contribution is -2.49. The third-order valence-electron chi connectivity index (χ3n) is 7.48. The van der Waals surface area contributed by atoms with E-state index in [2.05, 4.69) is 19.9 Å². The van der Waals surface area contributed by atoms with Crippen LogP contribution in [0.15, 0.2) is 0 Å². The zero-order valence-electron chi connectivity index (χ0n) is 22.8. The number of hydrogen-bond donors (Lipinski definition) is 0. The van der Waals surface area contributed by atoms with Gasteiger partial charge in [0.05, 0.1) is 12.6 Å². The van der Waals surface area contributed by atoms with Crippen LogP contribution >= 0.6 is 11.6 Å². The van der Waals surface area contributed by atoms with Crippen molar-refractivity contribution in [1.29, 1.82) is 0 Å². The highest BCUT2D eigenvalue weighted by atomic mass is 35.5. The number of aromatic nitrogens is 3. The maximum Gasteiger partial charge on any atom is 0.429 e. The van der Waals surface area contributed by atoms with Gasteiger partial charge < -0.3 is 14.2 Å². The summed E-state index contributed by atoms with van der Waals surface area (Å²) in [5, 5.41) is 2.87. The van der Waals surface area contributed by atoms with Crippen LogP contribution in [-0.4, -0.2) is 88.2 Å². The molecule has 0 N–H and O–H groups in total. The summed E-state index contributed by atoms with van der Waals surface area (Å²) in [4.78, 5) is 28.5. The molecule has 10 nitrogen and oxygen atoms in total. The second kappa shape index (κ2) is 10.7. The second-order valence-electron chi connectivity index (χ2n) is 11.4. The number of methoxy groups -OCH3 is 1. The first-order valence-corrected chi connectivity index (χ1v) is 13.8. The van der Waals surface area contributed by atoms with Gasteiger partial charge in [0, 0.05) is 26.1 Å². The van der Waals surface area contributed by atoms with E-state index in [-0.39, 0.29) is 35.2 Å². The number of pyridine rings is 1. The molecule has 2 aromatic heterocycles. The van der Waals surface area contributed by atoms with Crippen LogP contribution in [0.25, 0.3) is 10.9 Å². The molecule has 0 aliphatic carbocycles. The molecule has 0 bridgehead atoms. The first-order chi connectivity index (χ1) is 18.5. The predicted octanol–water partition coefficient (Wildman–Crippen LogP) is 4.92. The van der Waals surface area contributed by atoms with Crippen LogP contribution in [0.5, 0.6) is 11.9 Å². The van der Waals surface area contributed by atoms with Crippen molar-refractivity contribution >= 4 is 34.4 Å². The Hall–Kier alpha value is -2.73. The number of hydrazine groups is 1. The van der Waals surface area contributed by atoms with Crippen molar-refractivity contribution in [2.75, 3.05) is 44.9 Å². The number of rotatable bonds is 5. The van der Waals surface area contributed by atoms with Crippen molar-refractivity contribution in [2.45, 2.75) is 76.6 Å². The molecule has 3 aliphatic rings. The quantitative estimate of drug-likeness (QED) is 0.466. The SMILES string of the molecule is COc1nc(Cl)c(F)c2nc(OC[C@@]34CCCN3C[C@H](F)C4)nc(N3CCCCCN3C(=O)OC(C)(C)C)c12. The Morgan fingerprint density at radius 1 is 1.13 bits per heavy atom. The summed E-state index contributed by atoms with van der Waals surface area (Å²) < 4.78 is 47.0. The lowest BCUT2D eigenvalue weighted by molar-refractivity contribution is 0.0232. The molecule has 0 unspecified atom stereocenters. The van der Waals surface area contributed by atoms with E-state index in [4.69, 9.17) is 25.8 Å². The molecule has 3 fully saturated rings. The molecule has 0 saturated carbocycles. The normalized spacial score (nSPS) is 24.1. The Labute approximate surface area is 231 Å². The maximum absolute atomic E-state index is 15.4. The molecule has 3 saturated heterocycles. The molecule has 5 rings (SSSR count). The third-order valence-corrected chi connectivity index (χ3v) is 7.73. The molecule has 0 spiro atoms. The van der Waals surface area contributed by atoms with Gasteiger partial charge in [0.15, 0.2) is 16.8 Å². The van der Waals surface area contributed by atoms with Crippen molar-refractivity contribution in [2.24, 2.45) is 0 Å². The lowest BCUT2D eigenvalue weighted by atomic mass is 9.95. The number of alkyl halides is 1. The minimum absolute atomic E-state index is 0.0166. The Bertz CT molecular complexity index is 1250. The zero-order valence-corrected chi connectivity index (χ0v) is 23.6. The lowest BCUT2D eigenvalue weighted by Gasteiger charge is -2.36. The molecule has 0 aromatic carbocycles. The van der Waals surface area contributed by atoms with Crippen LogP contribution < -0.4 is 14.5 Å². The molecule has 5 heterocycles. The average molecular weight is 569 g/mol. The number of fused-ring (bicyclic) bond motifs is 2. The fourth-order valence-corrected chi connectivity index (χ4v) is 5.96. The highest BCUT2D eigenvalue weighted by molar-refractivity contribution is 6.30. The minimum atomic E-state index is -0.923. The van der Waals surface area contributed by atoms with Gasteiger partial charge >= 0.3 is 12.1 Å². The Morgan fingerprint density at radius 2 is 1.90 bits per heavy atom. The number of carbonyl (C=O) groups is 1. The highest BCUT2D eigenvalue weighted by Gasteiger charge is 2.49. The molecular weight excluding hydrogens is 534 g/mol. The maximum atomic E-state index is 15.4. The van der Waals surface area contributed by atoms with E-state index in [1.807, 2.05) is 0 Å². The topological polar surface area (TPSA) is 93.2 Å². The van der Waals surface area contributed by atoms with E-state index in [9.17, 15) is 9.18 Å². The minimum Gasteiger partial charge on any atom is -0.480 e. The van der Waals surface area contributed by atoms with Gasteiger partial charge in [-0.25, -0.2) is 18.6 Å². The molecule has 3 aliphatic heterocycles. The summed E-state index contributed by atoms with van der Waals surface area (Å²) in [5.41, 5.74) is -1.32. The van der Waals surface area contributed by atoms with E-state index in [1.165, 1.54) is 12.1 Å². The fraction of sp³-hybridized carbons (Fsp3) is 0.692. The monoisotopic (exact) mass is 568 g/mol. The van der Waals surface area contributed by atoms with Gasteiger partial charge in [0.25, 0.3) is 0 Å².